The Kier molecular flexibility index (Phi) is 4.99. The van der Waals surface area contributed by atoms with Gasteiger partial charge in [-0.2, -0.15) is 5.26 Å². The molecule has 1 aromatic rings. The standard InChI is InChI=1S/C17H21N3O/c1-12(20-17(21)16(10-18)11-19-2)14-8-7-13-5-3-4-6-15(13)9-14/h7-9,11-12,19H,3-6H2,1-2H3,(H,20,21)/b16-11-. The van der Waals surface area contributed by atoms with Crippen LogP contribution in [0.3, 0.4) is 0 Å². The van der Waals surface area contributed by atoms with Gasteiger partial charge in [0, 0.05) is 13.2 Å². The van der Waals surface area contributed by atoms with E-state index in [4.69, 9.17) is 5.26 Å². The molecule has 1 aliphatic rings. The van der Waals surface area contributed by atoms with Gasteiger partial charge in [-0.05, 0) is 49.3 Å². The zero-order chi connectivity index (χ0) is 15.2. The topological polar surface area (TPSA) is 64.9 Å². The van der Waals surface area contributed by atoms with Crippen molar-refractivity contribution in [3.63, 3.8) is 0 Å². The van der Waals surface area contributed by atoms with Crippen LogP contribution in [0.1, 0.15) is 42.5 Å². The van der Waals surface area contributed by atoms with E-state index in [9.17, 15) is 4.79 Å². The highest BCUT2D eigenvalue weighted by atomic mass is 16.1. The van der Waals surface area contributed by atoms with Crippen molar-refractivity contribution < 1.29 is 4.79 Å². The van der Waals surface area contributed by atoms with Gasteiger partial charge in [-0.3, -0.25) is 4.79 Å². The molecule has 0 bridgehead atoms. The Morgan fingerprint density at radius 1 is 1.33 bits per heavy atom. The fraction of sp³-hybridized carbons (Fsp3) is 0.412. The molecule has 0 saturated heterocycles. The van der Waals surface area contributed by atoms with Crippen molar-refractivity contribution in [3.8, 4) is 6.07 Å². The van der Waals surface area contributed by atoms with E-state index in [1.807, 2.05) is 13.0 Å². The molecule has 110 valence electrons. The van der Waals surface area contributed by atoms with Gasteiger partial charge in [-0.1, -0.05) is 18.2 Å². The van der Waals surface area contributed by atoms with E-state index in [2.05, 4.69) is 28.8 Å². The van der Waals surface area contributed by atoms with Crippen molar-refractivity contribution >= 4 is 5.91 Å². The number of rotatable bonds is 4. The van der Waals surface area contributed by atoms with Gasteiger partial charge in [0.15, 0.2) is 0 Å². The minimum absolute atomic E-state index is 0.0855. The van der Waals surface area contributed by atoms with Crippen molar-refractivity contribution in [2.24, 2.45) is 0 Å². The molecule has 4 nitrogen and oxygen atoms in total. The lowest BCUT2D eigenvalue weighted by Crippen LogP contribution is -2.28. The molecule has 0 radical (unpaired) electrons. The summed E-state index contributed by atoms with van der Waals surface area (Å²) >= 11 is 0. The number of fused-ring (bicyclic) bond motifs is 1. The molecule has 2 rings (SSSR count). The summed E-state index contributed by atoms with van der Waals surface area (Å²) in [4.78, 5) is 12.0. The summed E-state index contributed by atoms with van der Waals surface area (Å²) in [6.07, 6.45) is 6.18. The van der Waals surface area contributed by atoms with E-state index in [1.165, 1.54) is 30.2 Å². The maximum Gasteiger partial charge on any atom is 0.263 e. The Balaban J connectivity index is 2.10. The molecular formula is C17H21N3O. The third-order valence-corrected chi connectivity index (χ3v) is 3.87. The first-order valence-corrected chi connectivity index (χ1v) is 7.35. The second kappa shape index (κ2) is 6.94. The third kappa shape index (κ3) is 3.63. The fourth-order valence-electron chi connectivity index (χ4n) is 2.67. The van der Waals surface area contributed by atoms with Crippen LogP contribution < -0.4 is 10.6 Å². The Morgan fingerprint density at radius 2 is 2.05 bits per heavy atom. The molecule has 0 spiro atoms. The Morgan fingerprint density at radius 3 is 2.71 bits per heavy atom. The average molecular weight is 283 g/mol. The molecule has 1 aromatic carbocycles. The van der Waals surface area contributed by atoms with E-state index >= 15 is 0 Å². The Hall–Kier alpha value is -2.28. The van der Waals surface area contributed by atoms with Crippen molar-refractivity contribution in [2.75, 3.05) is 7.05 Å². The van der Waals surface area contributed by atoms with E-state index in [0.29, 0.717) is 0 Å². The maximum absolute atomic E-state index is 12.0. The van der Waals surface area contributed by atoms with Crippen molar-refractivity contribution in [3.05, 3.63) is 46.7 Å². The number of hydrogen-bond acceptors (Lipinski definition) is 3. The lowest BCUT2D eigenvalue weighted by atomic mass is 9.89. The number of amides is 1. The molecule has 0 heterocycles. The van der Waals surface area contributed by atoms with Crippen LogP contribution in [0.5, 0.6) is 0 Å². The van der Waals surface area contributed by atoms with Crippen molar-refractivity contribution in [2.45, 2.75) is 38.6 Å². The second-order valence-electron chi connectivity index (χ2n) is 5.39. The number of nitrogens with one attached hydrogen (secondary N) is 2. The maximum atomic E-state index is 12.0. The van der Waals surface area contributed by atoms with Crippen LogP contribution in [-0.2, 0) is 17.6 Å². The van der Waals surface area contributed by atoms with Crippen LogP contribution >= 0.6 is 0 Å². The lowest BCUT2D eigenvalue weighted by Gasteiger charge is -2.20. The first-order valence-electron chi connectivity index (χ1n) is 7.35. The summed E-state index contributed by atoms with van der Waals surface area (Å²) in [6.45, 7) is 1.94. The van der Waals surface area contributed by atoms with Crippen LogP contribution in [0.4, 0.5) is 0 Å². The molecule has 1 unspecified atom stereocenters. The van der Waals surface area contributed by atoms with Gasteiger partial charge >= 0.3 is 0 Å². The predicted molar refractivity (Wildman–Crippen MR) is 82.4 cm³/mol. The summed E-state index contributed by atoms with van der Waals surface area (Å²) < 4.78 is 0. The van der Waals surface area contributed by atoms with Gasteiger partial charge in [-0.15, -0.1) is 0 Å². The van der Waals surface area contributed by atoms with Gasteiger partial charge in [-0.25, -0.2) is 0 Å². The second-order valence-corrected chi connectivity index (χ2v) is 5.39. The molecule has 21 heavy (non-hydrogen) atoms. The number of carbonyl (C=O) groups is 1. The van der Waals surface area contributed by atoms with Gasteiger partial charge < -0.3 is 10.6 Å². The first-order chi connectivity index (χ1) is 10.2. The van der Waals surface area contributed by atoms with Crippen molar-refractivity contribution in [1.29, 1.82) is 5.26 Å². The highest BCUT2D eigenvalue weighted by Gasteiger charge is 2.16. The van der Waals surface area contributed by atoms with Crippen LogP contribution in [-0.4, -0.2) is 13.0 Å². The van der Waals surface area contributed by atoms with Crippen LogP contribution in [0.2, 0.25) is 0 Å². The van der Waals surface area contributed by atoms with Gasteiger partial charge in [0.2, 0.25) is 0 Å². The summed E-state index contributed by atoms with van der Waals surface area (Å²) in [7, 11) is 1.66. The minimum atomic E-state index is -0.350. The summed E-state index contributed by atoms with van der Waals surface area (Å²) in [5.41, 5.74) is 4.00. The van der Waals surface area contributed by atoms with Gasteiger partial charge in [0.05, 0.1) is 6.04 Å². The lowest BCUT2D eigenvalue weighted by molar-refractivity contribution is -0.117. The zero-order valence-corrected chi connectivity index (χ0v) is 12.6. The summed E-state index contributed by atoms with van der Waals surface area (Å²) in [6, 6.07) is 8.21. The zero-order valence-electron chi connectivity index (χ0n) is 12.6. The van der Waals surface area contributed by atoms with Crippen LogP contribution in [0.15, 0.2) is 30.0 Å². The van der Waals surface area contributed by atoms with E-state index in [0.717, 1.165) is 18.4 Å². The molecule has 0 aliphatic heterocycles. The summed E-state index contributed by atoms with van der Waals surface area (Å²) in [5.74, 6) is -0.350. The number of carbonyl (C=O) groups excluding carboxylic acids is 1. The number of hydrogen-bond donors (Lipinski definition) is 2. The molecule has 4 heteroatoms. The van der Waals surface area contributed by atoms with Crippen LogP contribution in [0, 0.1) is 11.3 Å². The number of nitriles is 1. The molecular weight excluding hydrogens is 262 g/mol. The van der Waals surface area contributed by atoms with Gasteiger partial charge in [0.1, 0.15) is 11.6 Å². The Bertz CT molecular complexity index is 599. The number of nitrogens with zero attached hydrogens (tertiary/aromatic N) is 1. The van der Waals surface area contributed by atoms with Crippen LogP contribution in [0.25, 0.3) is 0 Å². The SMILES string of the molecule is CN/C=C(/C#N)C(=O)NC(C)c1ccc2c(c1)CCCC2. The quantitative estimate of drug-likeness (QED) is 0.658. The summed E-state index contributed by atoms with van der Waals surface area (Å²) in [5, 5.41) is 14.5. The molecule has 1 amide bonds. The van der Waals surface area contributed by atoms with Crippen molar-refractivity contribution in [1.82, 2.24) is 10.6 Å². The Labute approximate surface area is 125 Å². The predicted octanol–water partition coefficient (Wildman–Crippen LogP) is 2.37. The third-order valence-electron chi connectivity index (χ3n) is 3.87. The normalized spacial score (nSPS) is 15.6. The van der Waals surface area contributed by atoms with E-state index < -0.39 is 0 Å². The minimum Gasteiger partial charge on any atom is -0.393 e. The van der Waals surface area contributed by atoms with E-state index in [1.54, 1.807) is 7.05 Å². The number of benzene rings is 1. The van der Waals surface area contributed by atoms with Gasteiger partial charge in [0.25, 0.3) is 5.91 Å². The molecule has 2 N–H and O–H groups in total. The highest BCUT2D eigenvalue weighted by Crippen LogP contribution is 2.24. The molecule has 1 aliphatic carbocycles. The highest BCUT2D eigenvalue weighted by molar-refractivity contribution is 5.97. The molecule has 1 atom stereocenters. The molecule has 0 aromatic heterocycles. The monoisotopic (exact) mass is 283 g/mol. The smallest absolute Gasteiger partial charge is 0.263 e. The molecule has 0 saturated carbocycles. The molecule has 0 fully saturated rings. The van der Waals surface area contributed by atoms with E-state index in [-0.39, 0.29) is 17.5 Å². The largest absolute Gasteiger partial charge is 0.393 e. The first kappa shape index (κ1) is 15.1. The number of aryl methyl sites for hydroxylation is 2. The fourth-order valence-corrected chi connectivity index (χ4v) is 2.67. The average Bonchev–Trinajstić information content (AvgIpc) is 2.51.